The highest BCUT2D eigenvalue weighted by Gasteiger charge is 2.25. The van der Waals surface area contributed by atoms with Crippen molar-refractivity contribution in [1.82, 2.24) is 0 Å². The van der Waals surface area contributed by atoms with E-state index >= 15 is 0 Å². The zero-order chi connectivity index (χ0) is 20.8. The maximum Gasteiger partial charge on any atom is 0.282 e. The number of quaternary nitrogens is 1. The molecule has 1 heterocycles. The molecule has 5 N–H and O–H groups in total. The Morgan fingerprint density at radius 2 is 1.76 bits per heavy atom. The number of hydrogen-bond donors (Lipinski definition) is 3. The number of rotatable bonds is 8. The second-order valence-corrected chi connectivity index (χ2v) is 7.98. The summed E-state index contributed by atoms with van der Waals surface area (Å²) in [5.41, 5.74) is 8.78. The van der Waals surface area contributed by atoms with Crippen LogP contribution in [0, 0.1) is 0 Å². The van der Waals surface area contributed by atoms with Crippen LogP contribution >= 0.6 is 11.3 Å². The van der Waals surface area contributed by atoms with E-state index in [0.717, 1.165) is 6.42 Å². The molecule has 2 amide bonds. The van der Waals surface area contributed by atoms with E-state index in [1.807, 2.05) is 13.0 Å². The van der Waals surface area contributed by atoms with Gasteiger partial charge in [-0.05, 0) is 54.6 Å². The van der Waals surface area contributed by atoms with Crippen LogP contribution in [-0.2, 0) is 11.2 Å². The Labute approximate surface area is 175 Å². The topological polar surface area (TPSA) is 88.8 Å². The molecule has 0 saturated carbocycles. The predicted molar refractivity (Wildman–Crippen MR) is 117 cm³/mol. The van der Waals surface area contributed by atoms with E-state index in [-0.39, 0.29) is 18.0 Å². The molecule has 6 heteroatoms. The maximum atomic E-state index is 12.7. The largest absolute Gasteiger partial charge is 0.366 e. The average Bonchev–Trinajstić information content (AvgIpc) is 3.27. The number of primary amides is 1. The summed E-state index contributed by atoms with van der Waals surface area (Å²) in [5.74, 6) is -0.582. The van der Waals surface area contributed by atoms with Gasteiger partial charge in [0.25, 0.3) is 5.91 Å². The van der Waals surface area contributed by atoms with Crippen molar-refractivity contribution < 1.29 is 14.9 Å². The van der Waals surface area contributed by atoms with Crippen LogP contribution in [0.5, 0.6) is 0 Å². The molecular weight excluding hydrogens is 382 g/mol. The van der Waals surface area contributed by atoms with Gasteiger partial charge in [0.2, 0.25) is 5.91 Å². The Hall–Kier alpha value is -2.96. The summed E-state index contributed by atoms with van der Waals surface area (Å²) in [7, 11) is 0. The Balaban J connectivity index is 1.72. The second kappa shape index (κ2) is 9.49. The average molecular weight is 409 g/mol. The van der Waals surface area contributed by atoms with E-state index in [2.05, 4.69) is 53.3 Å². The van der Waals surface area contributed by atoms with Crippen molar-refractivity contribution in [3.05, 3.63) is 87.6 Å². The van der Waals surface area contributed by atoms with Crippen LogP contribution in [0.4, 0.5) is 5.69 Å². The lowest BCUT2D eigenvalue weighted by Crippen LogP contribution is -2.92. The Kier molecular flexibility index (Phi) is 6.80. The predicted octanol–water partition coefficient (Wildman–Crippen LogP) is 3.09. The van der Waals surface area contributed by atoms with Gasteiger partial charge in [0.1, 0.15) is 6.04 Å². The molecule has 0 spiro atoms. The van der Waals surface area contributed by atoms with Crippen molar-refractivity contribution in [1.29, 1.82) is 0 Å². The van der Waals surface area contributed by atoms with Crippen LogP contribution in [0.25, 0.3) is 0 Å². The molecule has 0 fully saturated rings. The number of hydrogen-bond acceptors (Lipinski definition) is 3. The first-order chi connectivity index (χ1) is 14.0. The van der Waals surface area contributed by atoms with E-state index in [1.54, 1.807) is 35.6 Å². The van der Waals surface area contributed by atoms with Gasteiger partial charge in [-0.25, -0.2) is 0 Å². The molecule has 1 aromatic heterocycles. The minimum Gasteiger partial charge on any atom is -0.366 e. The summed E-state index contributed by atoms with van der Waals surface area (Å²) < 4.78 is 0. The van der Waals surface area contributed by atoms with Crippen LogP contribution < -0.4 is 16.4 Å². The first-order valence-electron chi connectivity index (χ1n) is 9.66. The lowest BCUT2D eigenvalue weighted by Gasteiger charge is -2.20. The Morgan fingerprint density at radius 3 is 2.31 bits per heavy atom. The highest BCUT2D eigenvalue weighted by Crippen LogP contribution is 2.23. The van der Waals surface area contributed by atoms with Gasteiger partial charge >= 0.3 is 0 Å². The third-order valence-electron chi connectivity index (χ3n) is 4.93. The molecule has 0 aliphatic rings. The fourth-order valence-corrected chi connectivity index (χ4v) is 3.98. The lowest BCUT2D eigenvalue weighted by molar-refractivity contribution is -0.703. The molecule has 5 nitrogen and oxygen atoms in total. The third kappa shape index (κ3) is 5.31. The van der Waals surface area contributed by atoms with E-state index in [0.29, 0.717) is 11.3 Å². The van der Waals surface area contributed by atoms with E-state index in [9.17, 15) is 9.59 Å². The first-order valence-corrected chi connectivity index (χ1v) is 10.5. The van der Waals surface area contributed by atoms with Crippen molar-refractivity contribution in [3.63, 3.8) is 0 Å². The number of carbonyl (C=O) groups is 2. The first kappa shape index (κ1) is 20.8. The lowest BCUT2D eigenvalue weighted by atomic mass is 10.0. The summed E-state index contributed by atoms with van der Waals surface area (Å²) in [6.07, 6.45) is 1.00. The summed E-state index contributed by atoms with van der Waals surface area (Å²) in [5, 5.41) is 7.05. The molecule has 0 saturated heterocycles. The zero-order valence-corrected chi connectivity index (χ0v) is 17.4. The monoisotopic (exact) mass is 408 g/mol. The van der Waals surface area contributed by atoms with Crippen LogP contribution in [0.1, 0.15) is 46.3 Å². The number of nitrogens with one attached hydrogen (secondary N) is 1. The molecule has 2 atom stereocenters. The van der Waals surface area contributed by atoms with Gasteiger partial charge < -0.3 is 16.4 Å². The molecule has 0 aliphatic carbocycles. The third-order valence-corrected chi connectivity index (χ3v) is 5.88. The number of carbonyl (C=O) groups excluding carboxylic acids is 2. The molecule has 2 aromatic carbocycles. The van der Waals surface area contributed by atoms with Gasteiger partial charge in [-0.2, -0.15) is 0 Å². The van der Waals surface area contributed by atoms with Gasteiger partial charge in [0.05, 0.1) is 4.88 Å². The Bertz CT molecular complexity index is 951. The van der Waals surface area contributed by atoms with Crippen LogP contribution in [0.3, 0.4) is 0 Å². The normalized spacial score (nSPS) is 12.9. The minimum atomic E-state index is -0.488. The van der Waals surface area contributed by atoms with E-state index < -0.39 is 5.91 Å². The van der Waals surface area contributed by atoms with Gasteiger partial charge in [-0.1, -0.05) is 37.3 Å². The number of anilines is 1. The van der Waals surface area contributed by atoms with Gasteiger partial charge in [0.15, 0.2) is 6.04 Å². The van der Waals surface area contributed by atoms with Crippen molar-refractivity contribution in [2.45, 2.75) is 32.4 Å². The summed E-state index contributed by atoms with van der Waals surface area (Å²) in [6, 6.07) is 19.1. The fraction of sp³-hybridized carbons (Fsp3) is 0.217. The zero-order valence-electron chi connectivity index (χ0n) is 16.6. The van der Waals surface area contributed by atoms with Crippen molar-refractivity contribution >= 4 is 28.8 Å². The molecule has 29 heavy (non-hydrogen) atoms. The van der Waals surface area contributed by atoms with Gasteiger partial charge in [-0.15, -0.1) is 11.3 Å². The number of nitrogens with two attached hydrogens (primary N) is 2. The molecular formula is C23H26N3O2S+. The number of thiophene rings is 1. The smallest absolute Gasteiger partial charge is 0.282 e. The Morgan fingerprint density at radius 1 is 1.07 bits per heavy atom. The fourth-order valence-electron chi connectivity index (χ4n) is 3.15. The summed E-state index contributed by atoms with van der Waals surface area (Å²) in [4.78, 5) is 25.1. The van der Waals surface area contributed by atoms with Crippen LogP contribution in [-0.4, -0.2) is 17.9 Å². The number of aryl methyl sites for hydroxylation is 1. The van der Waals surface area contributed by atoms with Gasteiger partial charge in [-0.3, -0.25) is 9.59 Å². The summed E-state index contributed by atoms with van der Waals surface area (Å²) >= 11 is 1.69. The number of amides is 2. The molecule has 0 aliphatic heterocycles. The molecule has 0 bridgehead atoms. The highest BCUT2D eigenvalue weighted by molar-refractivity contribution is 7.10. The standard InChI is InChI=1S/C23H25N3O2S/c1-3-16-6-8-17(9-7-16)21(20-5-4-14-29-20)25-15(2)23(28)26-19-12-10-18(11-13-19)22(24)27/h4-15,21,25H,3H2,1-2H3,(H2,24,27)(H,26,28)/p+1/t15-,21+/m0/s1. The molecule has 0 radical (unpaired) electrons. The minimum absolute atomic E-state index is 0.0545. The highest BCUT2D eigenvalue weighted by atomic mass is 32.1. The quantitative estimate of drug-likeness (QED) is 0.535. The molecule has 150 valence electrons. The van der Waals surface area contributed by atoms with Crippen molar-refractivity contribution in [3.8, 4) is 0 Å². The number of benzene rings is 2. The van der Waals surface area contributed by atoms with Crippen LogP contribution in [0.2, 0.25) is 0 Å². The van der Waals surface area contributed by atoms with Crippen molar-refractivity contribution in [2.75, 3.05) is 5.32 Å². The van der Waals surface area contributed by atoms with E-state index in [4.69, 9.17) is 5.73 Å². The second-order valence-electron chi connectivity index (χ2n) is 7.00. The molecule has 0 unspecified atom stereocenters. The van der Waals surface area contributed by atoms with Crippen molar-refractivity contribution in [2.24, 2.45) is 5.73 Å². The van der Waals surface area contributed by atoms with E-state index in [1.165, 1.54) is 16.0 Å². The molecule has 3 rings (SSSR count). The summed E-state index contributed by atoms with van der Waals surface area (Å²) in [6.45, 7) is 4.04. The van der Waals surface area contributed by atoms with Gasteiger partial charge in [0, 0.05) is 16.8 Å². The maximum absolute atomic E-state index is 12.7. The molecule has 3 aromatic rings. The van der Waals surface area contributed by atoms with Crippen LogP contribution in [0.15, 0.2) is 66.0 Å². The SMILES string of the molecule is CCc1ccc([C@@H]([NH2+][C@@H](C)C(=O)Nc2ccc(C(N)=O)cc2)c2cccs2)cc1.